The minimum Gasteiger partial charge on any atom is -0.352 e. The summed E-state index contributed by atoms with van der Waals surface area (Å²) in [5.74, 6) is -0.496. The van der Waals surface area contributed by atoms with Crippen LogP contribution in [0.25, 0.3) is 0 Å². The predicted molar refractivity (Wildman–Crippen MR) is 35.5 cm³/mol. The molecule has 1 saturated carbocycles. The molecule has 1 rings (SSSR count). The highest BCUT2D eigenvalue weighted by Gasteiger charge is 2.64. The van der Waals surface area contributed by atoms with Gasteiger partial charge in [0.05, 0.1) is 5.92 Å². The molecule has 0 aromatic heterocycles. The maximum Gasteiger partial charge on any atom is 0.180 e. The topological polar surface area (TPSA) is 35.5 Å². The number of ether oxygens (including phenoxy) is 2. The van der Waals surface area contributed by atoms with Gasteiger partial charge >= 0.3 is 0 Å². The van der Waals surface area contributed by atoms with E-state index in [0.29, 0.717) is 0 Å². The lowest BCUT2D eigenvalue weighted by Gasteiger charge is -2.11. The average molecular weight is 144 g/mol. The van der Waals surface area contributed by atoms with Gasteiger partial charge in [-0.05, 0) is 0 Å². The summed E-state index contributed by atoms with van der Waals surface area (Å²) in [7, 11) is 3.12. The second-order valence-electron chi connectivity index (χ2n) is 2.58. The van der Waals surface area contributed by atoms with Gasteiger partial charge in [-0.3, -0.25) is 0 Å². The molecule has 3 nitrogen and oxygen atoms in total. The van der Waals surface area contributed by atoms with Crippen LogP contribution in [0.2, 0.25) is 0 Å². The normalized spacial score (nSPS) is 35.5. The molecule has 0 bridgehead atoms. The zero-order valence-electron chi connectivity index (χ0n) is 6.46. The van der Waals surface area contributed by atoms with E-state index in [1.165, 1.54) is 0 Å². The number of carbonyl (C=O) groups is 1. The molecular weight excluding hydrogens is 132 g/mol. The zero-order valence-corrected chi connectivity index (χ0v) is 6.46. The molecule has 0 aliphatic heterocycles. The Morgan fingerprint density at radius 2 is 1.90 bits per heavy atom. The van der Waals surface area contributed by atoms with Gasteiger partial charge < -0.3 is 14.3 Å². The van der Waals surface area contributed by atoms with Crippen molar-refractivity contribution in [1.82, 2.24) is 0 Å². The summed E-state index contributed by atoms with van der Waals surface area (Å²) in [6, 6.07) is 0. The first-order valence-corrected chi connectivity index (χ1v) is 3.28. The van der Waals surface area contributed by atoms with Crippen molar-refractivity contribution in [2.45, 2.75) is 12.7 Å². The molecule has 58 valence electrons. The molecule has 10 heavy (non-hydrogen) atoms. The summed E-state index contributed by atoms with van der Waals surface area (Å²) in [5, 5.41) is 0. The van der Waals surface area contributed by atoms with Crippen molar-refractivity contribution < 1.29 is 14.3 Å². The first-order chi connectivity index (χ1) is 4.72. The number of rotatable bonds is 3. The van der Waals surface area contributed by atoms with Crippen LogP contribution in [-0.2, 0) is 14.3 Å². The highest BCUT2D eigenvalue weighted by molar-refractivity contribution is 5.61. The molecule has 0 unspecified atom stereocenters. The van der Waals surface area contributed by atoms with Crippen molar-refractivity contribution >= 4 is 6.29 Å². The van der Waals surface area contributed by atoms with E-state index in [-0.39, 0.29) is 11.8 Å². The summed E-state index contributed by atoms with van der Waals surface area (Å²) in [5.41, 5.74) is 0. The Labute approximate surface area is 60.3 Å². The molecule has 0 aromatic carbocycles. The van der Waals surface area contributed by atoms with Crippen LogP contribution in [0.15, 0.2) is 0 Å². The van der Waals surface area contributed by atoms with Crippen LogP contribution in [0, 0.1) is 11.8 Å². The van der Waals surface area contributed by atoms with Crippen molar-refractivity contribution in [2.75, 3.05) is 14.2 Å². The lowest BCUT2D eigenvalue weighted by molar-refractivity contribution is -0.150. The van der Waals surface area contributed by atoms with E-state index in [0.717, 1.165) is 6.29 Å². The molecule has 0 N–H and O–H groups in total. The third-order valence-electron chi connectivity index (χ3n) is 2.31. The fourth-order valence-corrected chi connectivity index (χ4v) is 1.47. The fourth-order valence-electron chi connectivity index (χ4n) is 1.47. The van der Waals surface area contributed by atoms with E-state index in [4.69, 9.17) is 9.47 Å². The highest BCUT2D eigenvalue weighted by Crippen LogP contribution is 2.51. The van der Waals surface area contributed by atoms with Crippen LogP contribution >= 0.6 is 0 Å². The Bertz CT molecular complexity index is 140. The van der Waals surface area contributed by atoms with Crippen LogP contribution < -0.4 is 0 Å². The van der Waals surface area contributed by atoms with Gasteiger partial charge in [0, 0.05) is 20.1 Å². The standard InChI is InChI=1S/C7H12O3/c1-5-6(4-8)7(5,9-2)10-3/h4-6H,1-3H3/t5-,6+/m0/s1. The van der Waals surface area contributed by atoms with Crippen LogP contribution in [0.4, 0.5) is 0 Å². The van der Waals surface area contributed by atoms with Gasteiger partial charge in [0.25, 0.3) is 0 Å². The molecule has 0 aromatic rings. The van der Waals surface area contributed by atoms with Crippen LogP contribution in [0.5, 0.6) is 0 Å². The lowest BCUT2D eigenvalue weighted by Crippen LogP contribution is -2.19. The Kier molecular flexibility index (Phi) is 1.79. The van der Waals surface area contributed by atoms with E-state index in [1.54, 1.807) is 14.2 Å². The van der Waals surface area contributed by atoms with E-state index >= 15 is 0 Å². The zero-order chi connectivity index (χ0) is 7.78. The Morgan fingerprint density at radius 1 is 1.40 bits per heavy atom. The number of carbonyl (C=O) groups excluding carboxylic acids is 1. The third-order valence-corrected chi connectivity index (χ3v) is 2.31. The largest absolute Gasteiger partial charge is 0.352 e. The molecule has 1 aliphatic carbocycles. The van der Waals surface area contributed by atoms with Gasteiger partial charge in [-0.15, -0.1) is 0 Å². The maximum absolute atomic E-state index is 10.4. The lowest BCUT2D eigenvalue weighted by atomic mass is 10.4. The minimum absolute atomic E-state index is 0.0810. The summed E-state index contributed by atoms with van der Waals surface area (Å²) in [4.78, 5) is 10.4. The van der Waals surface area contributed by atoms with E-state index in [2.05, 4.69) is 0 Å². The summed E-state index contributed by atoms with van der Waals surface area (Å²) in [6.07, 6.45) is 0.887. The Balaban J connectivity index is 2.63. The number of methoxy groups -OCH3 is 2. The molecular formula is C7H12O3. The highest BCUT2D eigenvalue weighted by atomic mass is 16.7. The Hall–Kier alpha value is -0.410. The van der Waals surface area contributed by atoms with Crippen molar-refractivity contribution in [3.05, 3.63) is 0 Å². The SMILES string of the molecule is COC1(OC)[C@H](C=O)[C@@H]1C. The van der Waals surface area contributed by atoms with Crippen LogP contribution in [0.3, 0.4) is 0 Å². The van der Waals surface area contributed by atoms with Gasteiger partial charge in [0.1, 0.15) is 6.29 Å². The van der Waals surface area contributed by atoms with Gasteiger partial charge in [0.2, 0.25) is 0 Å². The fraction of sp³-hybridized carbons (Fsp3) is 0.857. The summed E-state index contributed by atoms with van der Waals surface area (Å²) >= 11 is 0. The van der Waals surface area contributed by atoms with E-state index in [1.807, 2.05) is 6.92 Å². The quantitative estimate of drug-likeness (QED) is 0.426. The van der Waals surface area contributed by atoms with Gasteiger partial charge in [-0.1, -0.05) is 6.92 Å². The number of hydrogen-bond donors (Lipinski definition) is 0. The smallest absolute Gasteiger partial charge is 0.180 e. The maximum atomic E-state index is 10.4. The molecule has 0 amide bonds. The first kappa shape index (κ1) is 7.69. The van der Waals surface area contributed by atoms with Crippen molar-refractivity contribution in [2.24, 2.45) is 11.8 Å². The molecule has 3 heteroatoms. The third kappa shape index (κ3) is 0.707. The monoisotopic (exact) mass is 144 g/mol. The molecule has 1 fully saturated rings. The van der Waals surface area contributed by atoms with Gasteiger partial charge in [-0.25, -0.2) is 0 Å². The predicted octanol–water partition coefficient (Wildman–Crippen LogP) is 0.440. The molecule has 0 saturated heterocycles. The molecule has 0 spiro atoms. The summed E-state index contributed by atoms with van der Waals surface area (Å²) in [6.45, 7) is 1.94. The molecule has 1 aliphatic rings. The summed E-state index contributed by atoms with van der Waals surface area (Å²) < 4.78 is 10.1. The molecule has 0 heterocycles. The average Bonchev–Trinajstić information content (AvgIpc) is 2.56. The molecule has 2 atom stereocenters. The minimum atomic E-state index is -0.609. The second-order valence-corrected chi connectivity index (χ2v) is 2.58. The first-order valence-electron chi connectivity index (χ1n) is 3.28. The Morgan fingerprint density at radius 3 is 2.00 bits per heavy atom. The van der Waals surface area contributed by atoms with Crippen molar-refractivity contribution in [3.8, 4) is 0 Å². The van der Waals surface area contributed by atoms with Gasteiger partial charge in [0.15, 0.2) is 5.79 Å². The number of aldehydes is 1. The number of hydrogen-bond acceptors (Lipinski definition) is 3. The van der Waals surface area contributed by atoms with Crippen molar-refractivity contribution in [3.63, 3.8) is 0 Å². The van der Waals surface area contributed by atoms with E-state index < -0.39 is 5.79 Å². The second kappa shape index (κ2) is 2.32. The van der Waals surface area contributed by atoms with E-state index in [9.17, 15) is 4.79 Å². The molecule has 0 radical (unpaired) electrons. The van der Waals surface area contributed by atoms with Crippen LogP contribution in [-0.4, -0.2) is 26.3 Å². The van der Waals surface area contributed by atoms with Crippen molar-refractivity contribution in [1.29, 1.82) is 0 Å². The van der Waals surface area contributed by atoms with Gasteiger partial charge in [-0.2, -0.15) is 0 Å². The van der Waals surface area contributed by atoms with Crippen LogP contribution in [0.1, 0.15) is 6.92 Å².